The summed E-state index contributed by atoms with van der Waals surface area (Å²) in [6.45, 7) is 2.89. The zero-order chi connectivity index (χ0) is 16.0. The van der Waals surface area contributed by atoms with E-state index >= 15 is 0 Å². The zero-order valence-corrected chi connectivity index (χ0v) is 13.8. The van der Waals surface area contributed by atoms with Crippen LogP contribution in [-0.4, -0.2) is 59.2 Å². The van der Waals surface area contributed by atoms with Crippen LogP contribution in [0, 0.1) is 6.92 Å². The summed E-state index contributed by atoms with van der Waals surface area (Å²) < 4.78 is 24.9. The normalized spacial score (nSPS) is 11.5. The Kier molecular flexibility index (Phi) is 6.17. The summed E-state index contributed by atoms with van der Waals surface area (Å²) in [6.07, 6.45) is 1.10. The molecule has 0 saturated heterocycles. The lowest BCUT2D eigenvalue weighted by molar-refractivity contribution is -0.119. The lowest BCUT2D eigenvalue weighted by Crippen LogP contribution is -2.42. The second-order valence-electron chi connectivity index (χ2n) is 5.26. The van der Waals surface area contributed by atoms with Gasteiger partial charge in [0.05, 0.1) is 11.9 Å². The molecule has 0 aliphatic rings. The Hall–Kier alpha value is -1.60. The molecule has 0 spiro atoms. The minimum Gasteiger partial charge on any atom is -0.353 e. The van der Waals surface area contributed by atoms with Crippen LogP contribution in [0.4, 0.5) is 5.69 Å². The molecule has 0 aromatic heterocycles. The van der Waals surface area contributed by atoms with Gasteiger partial charge in [0.15, 0.2) is 0 Å². The zero-order valence-electron chi connectivity index (χ0n) is 13.0. The molecule has 1 rings (SSSR count). The topological polar surface area (TPSA) is 69.7 Å². The largest absolute Gasteiger partial charge is 0.353 e. The van der Waals surface area contributed by atoms with Crippen LogP contribution >= 0.6 is 0 Å². The molecule has 0 saturated carbocycles. The molecule has 0 unspecified atom stereocenters. The Bertz CT molecular complexity index is 568. The molecule has 1 aromatic carbocycles. The molecule has 118 valence electrons. The molecule has 0 atom stereocenters. The van der Waals surface area contributed by atoms with Crippen LogP contribution in [0.15, 0.2) is 24.3 Å². The molecule has 0 heterocycles. The fourth-order valence-electron chi connectivity index (χ4n) is 1.72. The van der Waals surface area contributed by atoms with E-state index in [1.807, 2.05) is 38.1 Å². The lowest BCUT2D eigenvalue weighted by atomic mass is 10.2. The van der Waals surface area contributed by atoms with Crippen LogP contribution in [0.2, 0.25) is 0 Å². The molecule has 1 amide bonds. The van der Waals surface area contributed by atoms with Gasteiger partial charge in [0.2, 0.25) is 15.9 Å². The first-order valence-electron chi connectivity index (χ1n) is 6.66. The van der Waals surface area contributed by atoms with Crippen molar-refractivity contribution in [2.75, 3.05) is 44.3 Å². The quantitative estimate of drug-likeness (QED) is 0.793. The van der Waals surface area contributed by atoms with Gasteiger partial charge in [-0.25, -0.2) is 8.42 Å². The summed E-state index contributed by atoms with van der Waals surface area (Å²) in [6, 6.07) is 7.03. The van der Waals surface area contributed by atoms with E-state index in [9.17, 15) is 13.2 Å². The highest BCUT2D eigenvalue weighted by molar-refractivity contribution is 7.92. The van der Waals surface area contributed by atoms with Gasteiger partial charge in [-0.05, 0) is 33.2 Å². The van der Waals surface area contributed by atoms with E-state index in [-0.39, 0.29) is 12.5 Å². The highest BCUT2D eigenvalue weighted by atomic mass is 32.2. The average Bonchev–Trinajstić information content (AvgIpc) is 2.35. The summed E-state index contributed by atoms with van der Waals surface area (Å²) in [5.74, 6) is -0.317. The van der Waals surface area contributed by atoms with E-state index < -0.39 is 10.0 Å². The first kappa shape index (κ1) is 17.5. The van der Waals surface area contributed by atoms with Gasteiger partial charge in [-0.3, -0.25) is 9.10 Å². The lowest BCUT2D eigenvalue weighted by Gasteiger charge is -2.22. The summed E-state index contributed by atoms with van der Waals surface area (Å²) in [5, 5.41) is 2.71. The fraction of sp³-hybridized carbons (Fsp3) is 0.500. The maximum atomic E-state index is 11.9. The van der Waals surface area contributed by atoms with Crippen molar-refractivity contribution < 1.29 is 13.2 Å². The van der Waals surface area contributed by atoms with Crippen LogP contribution in [0.25, 0.3) is 0 Å². The van der Waals surface area contributed by atoms with Crippen LogP contribution < -0.4 is 9.62 Å². The number of nitrogens with one attached hydrogen (secondary N) is 1. The minimum atomic E-state index is -3.51. The highest BCUT2D eigenvalue weighted by Gasteiger charge is 2.20. The molecule has 0 bridgehead atoms. The molecule has 0 fully saturated rings. The van der Waals surface area contributed by atoms with E-state index in [0.29, 0.717) is 18.8 Å². The van der Waals surface area contributed by atoms with Crippen molar-refractivity contribution in [3.63, 3.8) is 0 Å². The molecule has 0 aliphatic heterocycles. The standard InChI is InChI=1S/C14H23N3O3S/c1-12-5-7-13(8-6-12)17(21(4,19)20)11-14(18)15-9-10-16(2)3/h5-8H,9-11H2,1-4H3,(H,15,18). The van der Waals surface area contributed by atoms with Gasteiger partial charge in [0, 0.05) is 13.1 Å². The third kappa shape index (κ3) is 6.14. The predicted molar refractivity (Wildman–Crippen MR) is 84.9 cm³/mol. The van der Waals surface area contributed by atoms with Gasteiger partial charge in [0.25, 0.3) is 0 Å². The van der Waals surface area contributed by atoms with E-state index in [1.54, 1.807) is 12.1 Å². The minimum absolute atomic E-state index is 0.213. The number of aryl methyl sites for hydroxylation is 1. The molecular weight excluding hydrogens is 290 g/mol. The molecule has 6 nitrogen and oxygen atoms in total. The van der Waals surface area contributed by atoms with Gasteiger partial charge >= 0.3 is 0 Å². The number of carbonyl (C=O) groups excluding carboxylic acids is 1. The first-order valence-corrected chi connectivity index (χ1v) is 8.51. The maximum absolute atomic E-state index is 11.9. The van der Waals surface area contributed by atoms with E-state index in [2.05, 4.69) is 5.32 Å². The smallest absolute Gasteiger partial charge is 0.240 e. The van der Waals surface area contributed by atoms with E-state index in [0.717, 1.165) is 16.1 Å². The van der Waals surface area contributed by atoms with Crippen molar-refractivity contribution in [2.45, 2.75) is 6.92 Å². The van der Waals surface area contributed by atoms with Crippen molar-refractivity contribution in [1.29, 1.82) is 0 Å². The Labute approximate surface area is 126 Å². The number of anilines is 1. The first-order chi connectivity index (χ1) is 9.70. The van der Waals surface area contributed by atoms with Crippen molar-refractivity contribution in [3.05, 3.63) is 29.8 Å². The Morgan fingerprint density at radius 1 is 1.19 bits per heavy atom. The summed E-state index contributed by atoms with van der Waals surface area (Å²) in [5.41, 5.74) is 1.52. The predicted octanol–water partition coefficient (Wildman–Crippen LogP) is 0.439. The van der Waals surface area contributed by atoms with Gasteiger partial charge in [-0.2, -0.15) is 0 Å². The van der Waals surface area contributed by atoms with Crippen molar-refractivity contribution in [2.24, 2.45) is 0 Å². The molecule has 7 heteroatoms. The number of benzene rings is 1. The van der Waals surface area contributed by atoms with Gasteiger partial charge in [-0.15, -0.1) is 0 Å². The number of sulfonamides is 1. The number of hydrogen-bond donors (Lipinski definition) is 1. The third-order valence-corrected chi connectivity index (χ3v) is 4.03. The maximum Gasteiger partial charge on any atom is 0.240 e. The average molecular weight is 313 g/mol. The number of carbonyl (C=O) groups is 1. The fourth-order valence-corrected chi connectivity index (χ4v) is 2.57. The molecule has 0 aliphatic carbocycles. The monoisotopic (exact) mass is 313 g/mol. The summed E-state index contributed by atoms with van der Waals surface area (Å²) in [7, 11) is 0.303. The number of rotatable bonds is 7. The van der Waals surface area contributed by atoms with Crippen LogP contribution in [-0.2, 0) is 14.8 Å². The van der Waals surface area contributed by atoms with Gasteiger partial charge in [-0.1, -0.05) is 17.7 Å². The highest BCUT2D eigenvalue weighted by Crippen LogP contribution is 2.17. The number of nitrogens with zero attached hydrogens (tertiary/aromatic N) is 2. The third-order valence-electron chi connectivity index (χ3n) is 2.89. The van der Waals surface area contributed by atoms with Crippen molar-refractivity contribution in [3.8, 4) is 0 Å². The number of hydrogen-bond acceptors (Lipinski definition) is 4. The summed E-state index contributed by atoms with van der Waals surface area (Å²) in [4.78, 5) is 13.8. The molecule has 1 N–H and O–H groups in total. The molecular formula is C14H23N3O3S. The summed E-state index contributed by atoms with van der Waals surface area (Å²) >= 11 is 0. The number of likely N-dealkylation sites (N-methyl/N-ethyl adjacent to an activating group) is 1. The van der Waals surface area contributed by atoms with E-state index in [1.165, 1.54) is 0 Å². The molecule has 21 heavy (non-hydrogen) atoms. The van der Waals surface area contributed by atoms with Gasteiger partial charge in [0.1, 0.15) is 6.54 Å². The SMILES string of the molecule is Cc1ccc(N(CC(=O)NCCN(C)C)S(C)(=O)=O)cc1. The molecule has 0 radical (unpaired) electrons. The van der Waals surface area contributed by atoms with Crippen molar-refractivity contribution >= 4 is 21.6 Å². The van der Waals surface area contributed by atoms with Crippen molar-refractivity contribution in [1.82, 2.24) is 10.2 Å². The van der Waals surface area contributed by atoms with Crippen LogP contribution in [0.5, 0.6) is 0 Å². The Balaban J connectivity index is 2.76. The van der Waals surface area contributed by atoms with Crippen LogP contribution in [0.1, 0.15) is 5.56 Å². The van der Waals surface area contributed by atoms with Gasteiger partial charge < -0.3 is 10.2 Å². The van der Waals surface area contributed by atoms with E-state index in [4.69, 9.17) is 0 Å². The number of amides is 1. The Morgan fingerprint density at radius 3 is 2.24 bits per heavy atom. The second-order valence-corrected chi connectivity index (χ2v) is 7.17. The van der Waals surface area contributed by atoms with Crippen LogP contribution in [0.3, 0.4) is 0 Å². The molecule has 1 aromatic rings. The second kappa shape index (κ2) is 7.42. The Morgan fingerprint density at radius 2 is 1.76 bits per heavy atom.